The van der Waals surface area contributed by atoms with Crippen LogP contribution in [0.4, 0.5) is 4.39 Å². The van der Waals surface area contributed by atoms with Crippen molar-refractivity contribution in [3.8, 4) is 6.01 Å². The van der Waals surface area contributed by atoms with Crippen LogP contribution < -0.4 is 4.74 Å². The molecule has 4 nitrogen and oxygen atoms in total. The zero-order chi connectivity index (χ0) is 13.2. The predicted molar refractivity (Wildman–Crippen MR) is 71.4 cm³/mol. The van der Waals surface area contributed by atoms with Crippen LogP contribution in [-0.2, 0) is 6.61 Å². The molecule has 3 aromatic rings. The van der Waals surface area contributed by atoms with Crippen molar-refractivity contribution in [3.63, 3.8) is 0 Å². The molecule has 0 radical (unpaired) electrons. The van der Waals surface area contributed by atoms with Gasteiger partial charge in [0, 0.05) is 16.2 Å². The van der Waals surface area contributed by atoms with Gasteiger partial charge in [-0.1, -0.05) is 33.2 Å². The zero-order valence-corrected chi connectivity index (χ0v) is 11.3. The van der Waals surface area contributed by atoms with E-state index in [0.29, 0.717) is 21.7 Å². The molecule has 0 aliphatic heterocycles. The molecule has 1 aromatic carbocycles. The SMILES string of the molecule is Fc1cc(Br)ccc1COc1nnc2ccccn12. The van der Waals surface area contributed by atoms with Gasteiger partial charge in [-0.05, 0) is 24.3 Å². The molecular weight excluding hydrogens is 313 g/mol. The Hall–Kier alpha value is -1.95. The summed E-state index contributed by atoms with van der Waals surface area (Å²) in [6, 6.07) is 10.7. The van der Waals surface area contributed by atoms with E-state index in [1.807, 2.05) is 18.2 Å². The normalized spacial score (nSPS) is 10.8. The molecule has 0 bridgehead atoms. The van der Waals surface area contributed by atoms with Crippen LogP contribution in [0.5, 0.6) is 6.01 Å². The molecule has 0 saturated heterocycles. The molecule has 0 fully saturated rings. The number of benzene rings is 1. The number of hydrogen-bond acceptors (Lipinski definition) is 3. The standard InChI is InChI=1S/C13H9BrFN3O/c14-10-5-4-9(11(15)7-10)8-19-13-17-16-12-3-1-2-6-18(12)13/h1-7H,8H2. The Balaban J connectivity index is 1.82. The van der Waals surface area contributed by atoms with Crippen LogP contribution in [0.1, 0.15) is 5.56 Å². The summed E-state index contributed by atoms with van der Waals surface area (Å²) in [5.74, 6) is -0.316. The molecule has 0 aliphatic carbocycles. The molecule has 0 aliphatic rings. The molecule has 19 heavy (non-hydrogen) atoms. The van der Waals surface area contributed by atoms with Gasteiger partial charge in [0.05, 0.1) is 0 Å². The van der Waals surface area contributed by atoms with Crippen LogP contribution in [-0.4, -0.2) is 14.6 Å². The Morgan fingerprint density at radius 3 is 2.95 bits per heavy atom. The van der Waals surface area contributed by atoms with Gasteiger partial charge in [0.25, 0.3) is 0 Å². The number of rotatable bonds is 3. The second-order valence-corrected chi connectivity index (χ2v) is 4.85. The van der Waals surface area contributed by atoms with Crippen molar-refractivity contribution in [3.05, 3.63) is 58.4 Å². The zero-order valence-electron chi connectivity index (χ0n) is 9.75. The third kappa shape index (κ3) is 2.44. The maximum Gasteiger partial charge on any atom is 0.321 e. The molecule has 0 amide bonds. The third-order valence-electron chi connectivity index (χ3n) is 2.65. The number of halogens is 2. The summed E-state index contributed by atoms with van der Waals surface area (Å²) in [5, 5.41) is 7.87. The number of ether oxygens (including phenoxy) is 1. The van der Waals surface area contributed by atoms with Gasteiger partial charge in [-0.2, -0.15) is 0 Å². The lowest BCUT2D eigenvalue weighted by Crippen LogP contribution is -2.01. The molecule has 0 atom stereocenters. The summed E-state index contributed by atoms with van der Waals surface area (Å²) in [6.45, 7) is 0.106. The Morgan fingerprint density at radius 1 is 1.21 bits per heavy atom. The number of hydrogen-bond donors (Lipinski definition) is 0. The Bertz CT molecular complexity index is 729. The first kappa shape index (κ1) is 12.1. The highest BCUT2D eigenvalue weighted by molar-refractivity contribution is 9.10. The van der Waals surface area contributed by atoms with Crippen molar-refractivity contribution >= 4 is 21.6 Å². The fraction of sp³-hybridized carbons (Fsp3) is 0.0769. The number of pyridine rings is 1. The molecule has 6 heteroatoms. The number of nitrogens with zero attached hydrogens (tertiary/aromatic N) is 3. The smallest absolute Gasteiger partial charge is 0.321 e. The van der Waals surface area contributed by atoms with E-state index < -0.39 is 0 Å². The van der Waals surface area contributed by atoms with Crippen LogP contribution in [0.2, 0.25) is 0 Å². The van der Waals surface area contributed by atoms with E-state index in [4.69, 9.17) is 4.74 Å². The molecule has 0 N–H and O–H groups in total. The van der Waals surface area contributed by atoms with E-state index in [1.54, 1.807) is 22.7 Å². The second kappa shape index (κ2) is 4.97. The predicted octanol–water partition coefficient (Wildman–Crippen LogP) is 3.21. The second-order valence-electron chi connectivity index (χ2n) is 3.94. The molecule has 0 spiro atoms. The minimum Gasteiger partial charge on any atom is -0.458 e. The maximum absolute atomic E-state index is 13.6. The quantitative estimate of drug-likeness (QED) is 0.743. The van der Waals surface area contributed by atoms with Crippen molar-refractivity contribution in [2.45, 2.75) is 6.61 Å². The van der Waals surface area contributed by atoms with Crippen LogP contribution in [0, 0.1) is 5.82 Å². The minimum atomic E-state index is -0.316. The van der Waals surface area contributed by atoms with E-state index in [2.05, 4.69) is 26.1 Å². The van der Waals surface area contributed by atoms with Crippen molar-refractivity contribution < 1.29 is 9.13 Å². The van der Waals surface area contributed by atoms with Gasteiger partial charge in [-0.3, -0.25) is 4.40 Å². The summed E-state index contributed by atoms with van der Waals surface area (Å²) in [5.41, 5.74) is 1.16. The largest absolute Gasteiger partial charge is 0.458 e. The number of fused-ring (bicyclic) bond motifs is 1. The third-order valence-corrected chi connectivity index (χ3v) is 3.15. The van der Waals surface area contributed by atoms with Crippen molar-refractivity contribution in [1.82, 2.24) is 14.6 Å². The molecule has 96 valence electrons. The summed E-state index contributed by atoms with van der Waals surface area (Å²) >= 11 is 3.21. The fourth-order valence-corrected chi connectivity index (χ4v) is 2.03. The van der Waals surface area contributed by atoms with Gasteiger partial charge in [-0.15, -0.1) is 5.10 Å². The molecule has 3 rings (SSSR count). The molecule has 0 saturated carbocycles. The van der Waals surface area contributed by atoms with Crippen molar-refractivity contribution in [2.75, 3.05) is 0 Å². The lowest BCUT2D eigenvalue weighted by Gasteiger charge is -2.05. The summed E-state index contributed by atoms with van der Waals surface area (Å²) in [6.07, 6.45) is 1.79. The lowest BCUT2D eigenvalue weighted by molar-refractivity contribution is 0.272. The van der Waals surface area contributed by atoms with Crippen molar-refractivity contribution in [2.24, 2.45) is 0 Å². The number of aromatic nitrogens is 3. The fourth-order valence-electron chi connectivity index (χ4n) is 1.70. The molecule has 2 aromatic heterocycles. The highest BCUT2D eigenvalue weighted by atomic mass is 79.9. The van der Waals surface area contributed by atoms with Crippen LogP contribution >= 0.6 is 15.9 Å². The highest BCUT2D eigenvalue weighted by Crippen LogP contribution is 2.17. The van der Waals surface area contributed by atoms with E-state index >= 15 is 0 Å². The Kier molecular flexibility index (Phi) is 3.16. The van der Waals surface area contributed by atoms with Gasteiger partial charge >= 0.3 is 6.01 Å². The van der Waals surface area contributed by atoms with Gasteiger partial charge in [-0.25, -0.2) is 4.39 Å². The van der Waals surface area contributed by atoms with Crippen LogP contribution in [0.15, 0.2) is 47.1 Å². The highest BCUT2D eigenvalue weighted by Gasteiger charge is 2.08. The Morgan fingerprint density at radius 2 is 2.11 bits per heavy atom. The van der Waals surface area contributed by atoms with Gasteiger partial charge in [0.2, 0.25) is 0 Å². The van der Waals surface area contributed by atoms with E-state index in [9.17, 15) is 4.39 Å². The Labute approximate surface area is 117 Å². The van der Waals surface area contributed by atoms with E-state index in [-0.39, 0.29) is 12.4 Å². The minimum absolute atomic E-state index is 0.106. The van der Waals surface area contributed by atoms with E-state index in [0.717, 1.165) is 0 Å². The van der Waals surface area contributed by atoms with Gasteiger partial charge in [0.1, 0.15) is 12.4 Å². The van der Waals surface area contributed by atoms with Crippen LogP contribution in [0.3, 0.4) is 0 Å². The topological polar surface area (TPSA) is 39.4 Å². The first-order chi connectivity index (χ1) is 9.24. The van der Waals surface area contributed by atoms with Crippen molar-refractivity contribution in [1.29, 1.82) is 0 Å². The first-order valence-corrected chi connectivity index (χ1v) is 6.40. The first-order valence-electron chi connectivity index (χ1n) is 5.60. The summed E-state index contributed by atoms with van der Waals surface area (Å²) in [7, 11) is 0. The van der Waals surface area contributed by atoms with Crippen LogP contribution in [0.25, 0.3) is 5.65 Å². The average molecular weight is 322 g/mol. The monoisotopic (exact) mass is 321 g/mol. The molecule has 0 unspecified atom stereocenters. The lowest BCUT2D eigenvalue weighted by atomic mass is 10.2. The maximum atomic E-state index is 13.6. The summed E-state index contributed by atoms with van der Waals surface area (Å²) in [4.78, 5) is 0. The average Bonchev–Trinajstić information content (AvgIpc) is 2.81. The molecule has 2 heterocycles. The van der Waals surface area contributed by atoms with Gasteiger partial charge in [0.15, 0.2) is 5.65 Å². The summed E-state index contributed by atoms with van der Waals surface area (Å²) < 4.78 is 21.5. The van der Waals surface area contributed by atoms with E-state index in [1.165, 1.54) is 6.07 Å². The molecular formula is C13H9BrFN3O. The van der Waals surface area contributed by atoms with Gasteiger partial charge < -0.3 is 4.74 Å².